The first kappa shape index (κ1) is 13.7. The molecule has 0 aliphatic carbocycles. The lowest BCUT2D eigenvalue weighted by Crippen LogP contribution is -2.34. The molecule has 0 heterocycles. The summed E-state index contributed by atoms with van der Waals surface area (Å²) in [6.45, 7) is -0.715. The van der Waals surface area contributed by atoms with E-state index in [1.807, 2.05) is 0 Å². The van der Waals surface area contributed by atoms with Crippen LogP contribution in [0.1, 0.15) is 0 Å². The van der Waals surface area contributed by atoms with Crippen molar-refractivity contribution in [3.63, 3.8) is 0 Å². The predicted molar refractivity (Wildman–Crippen MR) is 41.6 cm³/mol. The first-order valence-corrected chi connectivity index (χ1v) is 3.78. The Hall–Kier alpha value is -1.29. The summed E-state index contributed by atoms with van der Waals surface area (Å²) in [6, 6.07) is 0. The highest BCUT2D eigenvalue weighted by molar-refractivity contribution is 5.75. The molecule has 0 aliphatic rings. The Kier molecular flexibility index (Phi) is 5.70. The fraction of sp³-hybridized carbons (Fsp3) is 0.625. The zero-order valence-electron chi connectivity index (χ0n) is 7.51. The zero-order chi connectivity index (χ0) is 11.9. The molecule has 0 N–H and O–H groups in total. The van der Waals surface area contributed by atoms with Crippen LogP contribution >= 0.6 is 0 Å². The minimum Gasteiger partial charge on any atom is -0.461 e. The van der Waals surface area contributed by atoms with Crippen LogP contribution in [-0.4, -0.2) is 38.1 Å². The van der Waals surface area contributed by atoms with E-state index in [0.29, 0.717) is 0 Å². The van der Waals surface area contributed by atoms with Gasteiger partial charge in [0, 0.05) is 0 Å². The molecule has 0 saturated heterocycles. The SMILES string of the molecule is C#CCOCCOC(=O)C(F)C(F)(F)F. The summed E-state index contributed by atoms with van der Waals surface area (Å²) < 4.78 is 55.5. The van der Waals surface area contributed by atoms with Crippen molar-refractivity contribution in [3.8, 4) is 12.3 Å². The van der Waals surface area contributed by atoms with E-state index in [1.54, 1.807) is 0 Å². The van der Waals surface area contributed by atoms with Crippen molar-refractivity contribution in [2.24, 2.45) is 0 Å². The Morgan fingerprint density at radius 1 is 1.40 bits per heavy atom. The zero-order valence-corrected chi connectivity index (χ0v) is 7.51. The number of carbonyl (C=O) groups excluding carboxylic acids is 1. The molecular formula is C8H8F4O3. The number of hydrogen-bond acceptors (Lipinski definition) is 3. The maximum absolute atomic E-state index is 12.2. The first-order valence-electron chi connectivity index (χ1n) is 3.78. The highest BCUT2D eigenvalue weighted by Gasteiger charge is 2.46. The van der Waals surface area contributed by atoms with Crippen LogP contribution < -0.4 is 0 Å². The van der Waals surface area contributed by atoms with Gasteiger partial charge in [-0.15, -0.1) is 6.42 Å². The number of carbonyl (C=O) groups is 1. The number of hydrogen-bond donors (Lipinski definition) is 0. The number of alkyl halides is 4. The van der Waals surface area contributed by atoms with Gasteiger partial charge in [0.2, 0.25) is 0 Å². The highest BCUT2D eigenvalue weighted by atomic mass is 19.4. The van der Waals surface area contributed by atoms with Gasteiger partial charge in [-0.25, -0.2) is 9.18 Å². The van der Waals surface area contributed by atoms with Crippen LogP contribution in [0.5, 0.6) is 0 Å². The Balaban J connectivity index is 3.71. The van der Waals surface area contributed by atoms with Gasteiger partial charge in [-0.1, -0.05) is 5.92 Å². The summed E-state index contributed by atoms with van der Waals surface area (Å²) in [4.78, 5) is 10.4. The molecule has 0 radical (unpaired) electrons. The third-order valence-electron chi connectivity index (χ3n) is 1.15. The predicted octanol–water partition coefficient (Wildman–Crippen LogP) is 1.08. The molecule has 1 unspecified atom stereocenters. The van der Waals surface area contributed by atoms with Gasteiger partial charge in [0.25, 0.3) is 6.17 Å². The van der Waals surface area contributed by atoms with E-state index < -0.39 is 24.9 Å². The Labute approximate surface area is 83.3 Å². The molecule has 0 bridgehead atoms. The van der Waals surface area contributed by atoms with Crippen molar-refractivity contribution in [2.75, 3.05) is 19.8 Å². The van der Waals surface area contributed by atoms with E-state index in [2.05, 4.69) is 15.4 Å². The minimum absolute atomic E-state index is 0.0596. The smallest absolute Gasteiger partial charge is 0.430 e. The maximum atomic E-state index is 12.2. The molecule has 0 rings (SSSR count). The van der Waals surface area contributed by atoms with Crippen molar-refractivity contribution in [3.05, 3.63) is 0 Å². The standard InChI is InChI=1S/C8H8F4O3/c1-2-3-14-4-5-15-7(13)6(9)8(10,11)12/h1,6H,3-5H2. The fourth-order valence-electron chi connectivity index (χ4n) is 0.539. The second-order valence-electron chi connectivity index (χ2n) is 2.33. The van der Waals surface area contributed by atoms with E-state index in [1.165, 1.54) is 0 Å². The Morgan fingerprint density at radius 3 is 2.47 bits per heavy atom. The summed E-state index contributed by atoms with van der Waals surface area (Å²) in [6.07, 6.45) is -4.08. The number of rotatable bonds is 5. The van der Waals surface area contributed by atoms with Crippen LogP contribution in [0.15, 0.2) is 0 Å². The van der Waals surface area contributed by atoms with Crippen molar-refractivity contribution in [1.29, 1.82) is 0 Å². The van der Waals surface area contributed by atoms with Gasteiger partial charge < -0.3 is 9.47 Å². The van der Waals surface area contributed by atoms with Crippen LogP contribution in [0, 0.1) is 12.3 Å². The molecule has 0 saturated carbocycles. The number of ether oxygens (including phenoxy) is 2. The summed E-state index contributed by atoms with van der Waals surface area (Å²) in [5, 5.41) is 0. The lowest BCUT2D eigenvalue weighted by Gasteiger charge is -2.11. The largest absolute Gasteiger partial charge is 0.461 e. The Morgan fingerprint density at radius 2 is 2.00 bits per heavy atom. The van der Waals surface area contributed by atoms with Crippen LogP contribution in [0.4, 0.5) is 17.6 Å². The Bertz CT molecular complexity index is 243. The lowest BCUT2D eigenvalue weighted by atomic mass is 10.4. The van der Waals surface area contributed by atoms with E-state index in [0.717, 1.165) is 0 Å². The first-order chi connectivity index (χ1) is 6.89. The molecule has 0 aromatic heterocycles. The van der Waals surface area contributed by atoms with E-state index in [-0.39, 0.29) is 13.2 Å². The molecule has 0 amide bonds. The fourth-order valence-corrected chi connectivity index (χ4v) is 0.539. The maximum Gasteiger partial charge on any atom is 0.430 e. The van der Waals surface area contributed by atoms with Crippen LogP contribution in [0.2, 0.25) is 0 Å². The average molecular weight is 228 g/mol. The van der Waals surface area contributed by atoms with Gasteiger partial charge >= 0.3 is 12.1 Å². The molecule has 3 nitrogen and oxygen atoms in total. The molecule has 0 fully saturated rings. The summed E-state index contributed by atoms with van der Waals surface area (Å²) in [5.41, 5.74) is 0. The second kappa shape index (κ2) is 6.24. The van der Waals surface area contributed by atoms with E-state index in [4.69, 9.17) is 6.42 Å². The van der Waals surface area contributed by atoms with E-state index in [9.17, 15) is 22.4 Å². The number of terminal acetylenes is 1. The van der Waals surface area contributed by atoms with Crippen molar-refractivity contribution in [2.45, 2.75) is 12.3 Å². The third-order valence-corrected chi connectivity index (χ3v) is 1.15. The molecule has 0 aliphatic heterocycles. The van der Waals surface area contributed by atoms with Gasteiger partial charge in [0.15, 0.2) is 0 Å². The lowest BCUT2D eigenvalue weighted by molar-refractivity contribution is -0.201. The summed E-state index contributed by atoms with van der Waals surface area (Å²) in [7, 11) is 0. The highest BCUT2D eigenvalue weighted by Crippen LogP contribution is 2.23. The van der Waals surface area contributed by atoms with Crippen molar-refractivity contribution < 1.29 is 31.8 Å². The monoisotopic (exact) mass is 228 g/mol. The summed E-state index contributed by atoms with van der Waals surface area (Å²) in [5.74, 6) is 0.106. The quantitative estimate of drug-likeness (QED) is 0.306. The molecule has 0 spiro atoms. The molecule has 0 aromatic rings. The average Bonchev–Trinajstić information content (AvgIpc) is 2.14. The topological polar surface area (TPSA) is 35.5 Å². The van der Waals surface area contributed by atoms with Gasteiger partial charge in [-0.05, 0) is 0 Å². The van der Waals surface area contributed by atoms with Crippen molar-refractivity contribution >= 4 is 5.97 Å². The third kappa shape index (κ3) is 5.91. The molecule has 0 aromatic carbocycles. The van der Waals surface area contributed by atoms with Crippen LogP contribution in [0.25, 0.3) is 0 Å². The molecule has 7 heteroatoms. The summed E-state index contributed by atoms with van der Waals surface area (Å²) >= 11 is 0. The second-order valence-corrected chi connectivity index (χ2v) is 2.33. The van der Waals surface area contributed by atoms with Crippen LogP contribution in [-0.2, 0) is 14.3 Å². The van der Waals surface area contributed by atoms with Gasteiger partial charge in [-0.2, -0.15) is 13.2 Å². The van der Waals surface area contributed by atoms with Crippen molar-refractivity contribution in [1.82, 2.24) is 0 Å². The normalized spacial score (nSPS) is 13.0. The minimum atomic E-state index is -5.24. The van der Waals surface area contributed by atoms with Gasteiger partial charge in [-0.3, -0.25) is 0 Å². The number of esters is 1. The molecule has 15 heavy (non-hydrogen) atoms. The van der Waals surface area contributed by atoms with Gasteiger partial charge in [0.05, 0.1) is 6.61 Å². The van der Waals surface area contributed by atoms with Crippen LogP contribution in [0.3, 0.4) is 0 Å². The number of halogens is 4. The molecule has 86 valence electrons. The molecular weight excluding hydrogens is 220 g/mol. The molecule has 1 atom stereocenters. The van der Waals surface area contributed by atoms with E-state index >= 15 is 0 Å². The van der Waals surface area contributed by atoms with Gasteiger partial charge in [0.1, 0.15) is 13.2 Å².